The first-order chi connectivity index (χ1) is 7.25. The fourth-order valence-corrected chi connectivity index (χ4v) is 1.45. The summed E-state index contributed by atoms with van der Waals surface area (Å²) in [5, 5.41) is 7.24. The second kappa shape index (κ2) is 4.53. The van der Waals surface area contributed by atoms with Crippen molar-refractivity contribution < 1.29 is 4.79 Å². The molecule has 0 aliphatic heterocycles. The van der Waals surface area contributed by atoms with E-state index in [1.54, 1.807) is 11.7 Å². The minimum Gasteiger partial charge on any atom is -0.314 e. The number of rotatable bonds is 6. The maximum atomic E-state index is 11.5. The summed E-state index contributed by atoms with van der Waals surface area (Å²) >= 11 is 0. The summed E-state index contributed by atoms with van der Waals surface area (Å²) in [6.45, 7) is 0.793. The molecule has 5 nitrogen and oxygen atoms in total. The SMILES string of the molecule is Cn1ncnc1CC(=O)CCNC1CC1. The van der Waals surface area contributed by atoms with E-state index in [2.05, 4.69) is 15.4 Å². The summed E-state index contributed by atoms with van der Waals surface area (Å²) in [5.41, 5.74) is 0. The number of hydrogen-bond acceptors (Lipinski definition) is 4. The minimum absolute atomic E-state index is 0.222. The molecule has 1 aromatic rings. The zero-order chi connectivity index (χ0) is 10.7. The van der Waals surface area contributed by atoms with E-state index in [4.69, 9.17) is 0 Å². The van der Waals surface area contributed by atoms with Crippen LogP contribution in [0.1, 0.15) is 25.1 Å². The molecule has 0 atom stereocenters. The van der Waals surface area contributed by atoms with E-state index in [0.717, 1.165) is 12.4 Å². The van der Waals surface area contributed by atoms with Gasteiger partial charge in [0.2, 0.25) is 0 Å². The van der Waals surface area contributed by atoms with Gasteiger partial charge in [0.15, 0.2) is 0 Å². The maximum Gasteiger partial charge on any atom is 0.141 e. The molecule has 1 N–H and O–H groups in total. The molecule has 0 aromatic carbocycles. The summed E-state index contributed by atoms with van der Waals surface area (Å²) in [5.74, 6) is 0.964. The Morgan fingerprint density at radius 3 is 3.07 bits per heavy atom. The molecule has 2 rings (SSSR count). The van der Waals surface area contributed by atoms with E-state index in [9.17, 15) is 4.79 Å². The third kappa shape index (κ3) is 3.13. The fraction of sp³-hybridized carbons (Fsp3) is 0.700. The molecule has 1 aliphatic rings. The van der Waals surface area contributed by atoms with E-state index in [-0.39, 0.29) is 5.78 Å². The van der Waals surface area contributed by atoms with Crippen LogP contribution in [0.25, 0.3) is 0 Å². The first-order valence-corrected chi connectivity index (χ1v) is 5.33. The molecule has 0 spiro atoms. The summed E-state index contributed by atoms with van der Waals surface area (Å²) in [6.07, 6.45) is 4.98. The summed E-state index contributed by atoms with van der Waals surface area (Å²) in [6, 6.07) is 0.674. The highest BCUT2D eigenvalue weighted by Gasteiger charge is 2.20. The topological polar surface area (TPSA) is 59.8 Å². The lowest BCUT2D eigenvalue weighted by molar-refractivity contribution is -0.118. The normalized spacial score (nSPS) is 15.5. The largest absolute Gasteiger partial charge is 0.314 e. The Hall–Kier alpha value is -1.23. The molecule has 1 heterocycles. The van der Waals surface area contributed by atoms with Gasteiger partial charge in [0.05, 0.1) is 6.42 Å². The quantitative estimate of drug-likeness (QED) is 0.718. The van der Waals surface area contributed by atoms with E-state index in [1.807, 2.05) is 0 Å². The van der Waals surface area contributed by atoms with Crippen LogP contribution in [0.15, 0.2) is 6.33 Å². The first kappa shape index (κ1) is 10.3. The van der Waals surface area contributed by atoms with Crippen molar-refractivity contribution in [2.24, 2.45) is 7.05 Å². The number of carbonyl (C=O) groups excluding carboxylic acids is 1. The highest BCUT2D eigenvalue weighted by molar-refractivity contribution is 5.80. The Kier molecular flexibility index (Phi) is 3.11. The lowest BCUT2D eigenvalue weighted by atomic mass is 10.2. The fourth-order valence-electron chi connectivity index (χ4n) is 1.45. The van der Waals surface area contributed by atoms with Gasteiger partial charge in [0.25, 0.3) is 0 Å². The molecule has 1 aromatic heterocycles. The van der Waals surface area contributed by atoms with Gasteiger partial charge in [-0.25, -0.2) is 4.98 Å². The summed E-state index contributed by atoms with van der Waals surface area (Å²) in [7, 11) is 1.80. The Balaban J connectivity index is 1.69. The number of carbonyl (C=O) groups is 1. The monoisotopic (exact) mass is 208 g/mol. The van der Waals surface area contributed by atoms with E-state index >= 15 is 0 Å². The first-order valence-electron chi connectivity index (χ1n) is 5.33. The van der Waals surface area contributed by atoms with Gasteiger partial charge >= 0.3 is 0 Å². The van der Waals surface area contributed by atoms with Crippen LogP contribution in [0.5, 0.6) is 0 Å². The van der Waals surface area contributed by atoms with Gasteiger partial charge < -0.3 is 5.32 Å². The predicted molar refractivity (Wildman–Crippen MR) is 55.4 cm³/mol. The number of hydrogen-bond donors (Lipinski definition) is 1. The molecule has 0 amide bonds. The molecule has 0 unspecified atom stereocenters. The number of Topliss-reactive ketones (excluding diaryl/α,β-unsaturated/α-hetero) is 1. The summed E-state index contributed by atoms with van der Waals surface area (Å²) < 4.78 is 1.65. The van der Waals surface area contributed by atoms with Crippen LogP contribution in [0.2, 0.25) is 0 Å². The molecule has 82 valence electrons. The standard InChI is InChI=1S/C10H16N4O/c1-14-10(12-7-13-14)6-9(15)4-5-11-8-2-3-8/h7-8,11H,2-6H2,1H3. The molecule has 0 radical (unpaired) electrons. The van der Waals surface area contributed by atoms with Gasteiger partial charge in [-0.05, 0) is 12.8 Å². The van der Waals surface area contributed by atoms with Crippen LogP contribution in [0, 0.1) is 0 Å². The molecule has 1 saturated carbocycles. The van der Waals surface area contributed by atoms with Crippen molar-refractivity contribution in [2.45, 2.75) is 31.7 Å². The second-order valence-electron chi connectivity index (χ2n) is 3.99. The van der Waals surface area contributed by atoms with E-state index < -0.39 is 0 Å². The van der Waals surface area contributed by atoms with Crippen LogP contribution >= 0.6 is 0 Å². The summed E-state index contributed by atoms with van der Waals surface area (Å²) in [4.78, 5) is 15.6. The third-order valence-corrected chi connectivity index (χ3v) is 2.57. The molecule has 5 heteroatoms. The van der Waals surface area contributed by atoms with Crippen molar-refractivity contribution in [3.8, 4) is 0 Å². The third-order valence-electron chi connectivity index (χ3n) is 2.57. The number of nitrogens with one attached hydrogen (secondary N) is 1. The lowest BCUT2D eigenvalue weighted by Gasteiger charge is -2.02. The van der Waals surface area contributed by atoms with Crippen LogP contribution in [0.3, 0.4) is 0 Å². The van der Waals surface area contributed by atoms with Gasteiger partial charge in [-0.3, -0.25) is 9.48 Å². The molecule has 1 fully saturated rings. The Bertz CT molecular complexity index is 343. The average Bonchev–Trinajstić information content (AvgIpc) is 2.93. The molecule has 15 heavy (non-hydrogen) atoms. The highest BCUT2D eigenvalue weighted by atomic mass is 16.1. The molecule has 0 bridgehead atoms. The number of ketones is 1. The van der Waals surface area contributed by atoms with Gasteiger partial charge in [-0.1, -0.05) is 0 Å². The van der Waals surface area contributed by atoms with Gasteiger partial charge in [-0.15, -0.1) is 0 Å². The van der Waals surface area contributed by atoms with Crippen molar-refractivity contribution in [1.82, 2.24) is 20.1 Å². The predicted octanol–water partition coefficient (Wildman–Crippen LogP) is 0.0688. The van der Waals surface area contributed by atoms with Gasteiger partial charge in [0.1, 0.15) is 17.9 Å². The van der Waals surface area contributed by atoms with Crippen LogP contribution < -0.4 is 5.32 Å². The van der Waals surface area contributed by atoms with Crippen molar-refractivity contribution in [1.29, 1.82) is 0 Å². The van der Waals surface area contributed by atoms with Gasteiger partial charge in [0, 0.05) is 26.1 Å². The Morgan fingerprint density at radius 2 is 2.47 bits per heavy atom. The highest BCUT2D eigenvalue weighted by Crippen LogP contribution is 2.18. The molecule has 0 saturated heterocycles. The minimum atomic E-state index is 0.222. The zero-order valence-corrected chi connectivity index (χ0v) is 8.94. The molecular weight excluding hydrogens is 192 g/mol. The van der Waals surface area contributed by atoms with Crippen LogP contribution in [-0.2, 0) is 18.3 Å². The van der Waals surface area contributed by atoms with Gasteiger partial charge in [-0.2, -0.15) is 5.10 Å². The maximum absolute atomic E-state index is 11.5. The van der Waals surface area contributed by atoms with E-state index in [1.165, 1.54) is 19.2 Å². The average molecular weight is 208 g/mol. The molecular formula is C10H16N4O. The molecule has 1 aliphatic carbocycles. The lowest BCUT2D eigenvalue weighted by Crippen LogP contribution is -2.21. The smallest absolute Gasteiger partial charge is 0.141 e. The van der Waals surface area contributed by atoms with E-state index in [0.29, 0.717) is 18.9 Å². The number of aryl methyl sites for hydroxylation is 1. The van der Waals surface area contributed by atoms with Crippen LogP contribution in [-0.4, -0.2) is 33.1 Å². The van der Waals surface area contributed by atoms with Crippen LogP contribution in [0.4, 0.5) is 0 Å². The van der Waals surface area contributed by atoms with Crippen molar-refractivity contribution >= 4 is 5.78 Å². The Labute approximate surface area is 88.9 Å². The second-order valence-corrected chi connectivity index (χ2v) is 3.99. The number of nitrogens with zero attached hydrogens (tertiary/aromatic N) is 3. The van der Waals surface area contributed by atoms with Crippen molar-refractivity contribution in [3.63, 3.8) is 0 Å². The number of aromatic nitrogens is 3. The zero-order valence-electron chi connectivity index (χ0n) is 8.94. The van der Waals surface area contributed by atoms with Crippen molar-refractivity contribution in [2.75, 3.05) is 6.54 Å². The Morgan fingerprint density at radius 1 is 1.67 bits per heavy atom. The van der Waals surface area contributed by atoms with Crippen molar-refractivity contribution in [3.05, 3.63) is 12.2 Å².